The molecule has 0 aromatic heterocycles. The monoisotopic (exact) mass is 506 g/mol. The third-order valence-electron chi connectivity index (χ3n) is 5.25. The van der Waals surface area contributed by atoms with Crippen LogP contribution >= 0.6 is 36.4 Å². The highest BCUT2D eigenvalue weighted by Gasteiger charge is 2.20. The maximum Gasteiger partial charge on any atom is 0.162 e. The summed E-state index contributed by atoms with van der Waals surface area (Å²) in [5, 5.41) is 10.8. The number of piperazine rings is 1. The number of halogens is 4. The number of Topliss-reactive ketones (excluding diaryl/α,β-unsaturated/α-hetero) is 1. The molecule has 1 unspecified atom stereocenters. The van der Waals surface area contributed by atoms with Gasteiger partial charge in [0.15, 0.2) is 5.78 Å². The second-order valence-electron chi connectivity index (χ2n) is 7.57. The van der Waals surface area contributed by atoms with E-state index in [-0.39, 0.29) is 43.0 Å². The minimum absolute atomic E-state index is 0. The largest absolute Gasteiger partial charge is 0.489 e. The van der Waals surface area contributed by atoms with E-state index >= 15 is 0 Å². The topological polar surface area (TPSA) is 53.0 Å². The summed E-state index contributed by atoms with van der Waals surface area (Å²) < 4.78 is 18.6. The first kappa shape index (κ1) is 28.6. The molecule has 1 atom stereocenters. The lowest BCUT2D eigenvalue weighted by molar-refractivity contribution is 0.0457. The molecule has 1 saturated heterocycles. The SMILES string of the molecule is Cl.Cl.O=C(CCCN1CCN(CC(O)COc2ccccc2Cl)CC1)c1ccc(F)cc1. The third-order valence-corrected chi connectivity index (χ3v) is 5.56. The Balaban J connectivity index is 0.00000256. The molecule has 2 aromatic carbocycles. The van der Waals surface area contributed by atoms with Crippen LogP contribution in [0.15, 0.2) is 48.5 Å². The second kappa shape index (κ2) is 14.7. The quantitative estimate of drug-likeness (QED) is 0.485. The first-order valence-corrected chi connectivity index (χ1v) is 10.7. The Bertz CT molecular complexity index is 818. The van der Waals surface area contributed by atoms with E-state index in [1.165, 1.54) is 24.3 Å². The lowest BCUT2D eigenvalue weighted by Crippen LogP contribution is -2.49. The van der Waals surface area contributed by atoms with Crippen molar-refractivity contribution in [3.05, 3.63) is 64.9 Å². The van der Waals surface area contributed by atoms with Crippen molar-refractivity contribution in [2.45, 2.75) is 18.9 Å². The average molecular weight is 508 g/mol. The molecular formula is C23H30Cl3FN2O3. The molecular weight excluding hydrogens is 478 g/mol. The average Bonchev–Trinajstić information content (AvgIpc) is 2.75. The van der Waals surface area contributed by atoms with Crippen LogP contribution < -0.4 is 4.74 Å². The minimum atomic E-state index is -0.582. The van der Waals surface area contributed by atoms with Crippen LogP contribution in [0.4, 0.5) is 4.39 Å². The number of ketones is 1. The van der Waals surface area contributed by atoms with Crippen LogP contribution in [-0.4, -0.2) is 72.7 Å². The molecule has 0 amide bonds. The fourth-order valence-corrected chi connectivity index (χ4v) is 3.73. The first-order valence-electron chi connectivity index (χ1n) is 10.3. The van der Waals surface area contributed by atoms with E-state index in [0.29, 0.717) is 29.3 Å². The van der Waals surface area contributed by atoms with Gasteiger partial charge >= 0.3 is 0 Å². The molecule has 0 aliphatic carbocycles. The Morgan fingerprint density at radius 3 is 2.31 bits per heavy atom. The zero-order chi connectivity index (χ0) is 21.3. The van der Waals surface area contributed by atoms with Crippen LogP contribution in [0.2, 0.25) is 5.02 Å². The summed E-state index contributed by atoms with van der Waals surface area (Å²) in [4.78, 5) is 16.7. The molecule has 1 heterocycles. The van der Waals surface area contributed by atoms with Gasteiger partial charge in [0.2, 0.25) is 0 Å². The van der Waals surface area contributed by atoms with Crippen LogP contribution in [0.1, 0.15) is 23.2 Å². The summed E-state index contributed by atoms with van der Waals surface area (Å²) in [6.07, 6.45) is 0.662. The normalized spacial score (nSPS) is 15.3. The molecule has 0 saturated carbocycles. The lowest BCUT2D eigenvalue weighted by atomic mass is 10.1. The van der Waals surface area contributed by atoms with Crippen LogP contribution in [0.5, 0.6) is 5.75 Å². The number of hydrogen-bond donors (Lipinski definition) is 1. The predicted molar refractivity (Wildman–Crippen MR) is 130 cm³/mol. The highest BCUT2D eigenvalue weighted by Crippen LogP contribution is 2.23. The third kappa shape index (κ3) is 9.22. The number of benzene rings is 2. The standard InChI is InChI=1S/C23H28ClFN2O3.2ClH/c24-21-4-1-2-6-23(21)30-17-20(28)16-27-14-12-26(13-15-27)11-3-5-22(29)18-7-9-19(25)10-8-18;;/h1-2,4,6-10,20,28H,3,5,11-17H2;2*1H. The van der Waals surface area contributed by atoms with E-state index in [9.17, 15) is 14.3 Å². The van der Waals surface area contributed by atoms with Crippen LogP contribution in [0.25, 0.3) is 0 Å². The first-order chi connectivity index (χ1) is 14.5. The number of β-amino-alcohol motifs (C(OH)–C–C–N with tert-alkyl or cyclic N) is 1. The number of aliphatic hydroxyl groups is 1. The van der Waals surface area contributed by atoms with Crippen molar-refractivity contribution in [1.29, 1.82) is 0 Å². The van der Waals surface area contributed by atoms with Crippen molar-refractivity contribution in [1.82, 2.24) is 9.80 Å². The number of para-hydroxylation sites is 1. The van der Waals surface area contributed by atoms with Crippen molar-refractivity contribution in [2.75, 3.05) is 45.9 Å². The summed E-state index contributed by atoms with van der Waals surface area (Å²) in [6, 6.07) is 12.9. The fraction of sp³-hybridized carbons (Fsp3) is 0.435. The highest BCUT2D eigenvalue weighted by molar-refractivity contribution is 6.32. The van der Waals surface area contributed by atoms with Gasteiger partial charge in [-0.3, -0.25) is 9.69 Å². The Labute approximate surface area is 206 Å². The summed E-state index contributed by atoms with van der Waals surface area (Å²) in [5.74, 6) is 0.304. The lowest BCUT2D eigenvalue weighted by Gasteiger charge is -2.35. The van der Waals surface area contributed by atoms with E-state index in [0.717, 1.165) is 39.1 Å². The summed E-state index contributed by atoms with van der Waals surface area (Å²) in [6.45, 7) is 5.17. The Morgan fingerprint density at radius 1 is 1.03 bits per heavy atom. The molecule has 9 heteroatoms. The molecule has 1 aliphatic heterocycles. The molecule has 0 bridgehead atoms. The van der Waals surface area contributed by atoms with Crippen molar-refractivity contribution >= 4 is 42.2 Å². The van der Waals surface area contributed by atoms with Gasteiger partial charge in [-0.25, -0.2) is 4.39 Å². The molecule has 1 N–H and O–H groups in total. The molecule has 2 aromatic rings. The van der Waals surface area contributed by atoms with E-state index in [4.69, 9.17) is 16.3 Å². The molecule has 0 spiro atoms. The van der Waals surface area contributed by atoms with Gasteiger partial charge in [0.1, 0.15) is 24.3 Å². The van der Waals surface area contributed by atoms with Crippen LogP contribution in [-0.2, 0) is 0 Å². The maximum atomic E-state index is 12.9. The molecule has 1 fully saturated rings. The van der Waals surface area contributed by atoms with Crippen molar-refractivity contribution < 1.29 is 19.0 Å². The molecule has 178 valence electrons. The fourth-order valence-electron chi connectivity index (χ4n) is 3.54. The second-order valence-corrected chi connectivity index (χ2v) is 7.98. The van der Waals surface area contributed by atoms with Crippen molar-refractivity contribution in [3.63, 3.8) is 0 Å². The number of aliphatic hydroxyl groups excluding tert-OH is 1. The van der Waals surface area contributed by atoms with Gasteiger partial charge in [0, 0.05) is 44.7 Å². The van der Waals surface area contributed by atoms with Gasteiger partial charge in [-0.15, -0.1) is 24.8 Å². The summed E-state index contributed by atoms with van der Waals surface area (Å²) >= 11 is 6.06. The van der Waals surface area contributed by atoms with E-state index < -0.39 is 6.10 Å². The van der Waals surface area contributed by atoms with Gasteiger partial charge < -0.3 is 14.7 Å². The van der Waals surface area contributed by atoms with Gasteiger partial charge in [-0.2, -0.15) is 0 Å². The molecule has 1 aliphatic rings. The van der Waals surface area contributed by atoms with E-state index in [1.54, 1.807) is 12.1 Å². The number of nitrogens with zero attached hydrogens (tertiary/aromatic N) is 2. The number of carbonyl (C=O) groups excluding carboxylic acids is 1. The van der Waals surface area contributed by atoms with E-state index in [1.807, 2.05) is 12.1 Å². The smallest absolute Gasteiger partial charge is 0.162 e. The molecule has 32 heavy (non-hydrogen) atoms. The van der Waals surface area contributed by atoms with Gasteiger partial charge in [0.25, 0.3) is 0 Å². The number of carbonyl (C=O) groups is 1. The number of rotatable bonds is 10. The highest BCUT2D eigenvalue weighted by atomic mass is 35.5. The molecule has 0 radical (unpaired) electrons. The Morgan fingerprint density at radius 2 is 1.66 bits per heavy atom. The zero-order valence-electron chi connectivity index (χ0n) is 17.8. The van der Waals surface area contributed by atoms with Gasteiger partial charge in [-0.05, 0) is 49.4 Å². The number of hydrogen-bond acceptors (Lipinski definition) is 5. The Kier molecular flexibility index (Phi) is 13.1. The predicted octanol–water partition coefficient (Wildman–Crippen LogP) is 4.34. The van der Waals surface area contributed by atoms with Crippen LogP contribution in [0.3, 0.4) is 0 Å². The Hall–Kier alpha value is -1.41. The summed E-state index contributed by atoms with van der Waals surface area (Å²) in [7, 11) is 0. The maximum absolute atomic E-state index is 12.9. The minimum Gasteiger partial charge on any atom is -0.489 e. The molecule has 5 nitrogen and oxygen atoms in total. The zero-order valence-corrected chi connectivity index (χ0v) is 20.2. The van der Waals surface area contributed by atoms with Crippen LogP contribution in [0, 0.1) is 5.82 Å². The number of ether oxygens (including phenoxy) is 1. The van der Waals surface area contributed by atoms with Crippen molar-refractivity contribution in [2.24, 2.45) is 0 Å². The molecule has 3 rings (SSSR count). The van der Waals surface area contributed by atoms with E-state index in [2.05, 4.69) is 9.80 Å². The van der Waals surface area contributed by atoms with Crippen molar-refractivity contribution in [3.8, 4) is 5.75 Å². The summed E-state index contributed by atoms with van der Waals surface area (Å²) in [5.41, 5.74) is 0.564. The van der Waals surface area contributed by atoms with Gasteiger partial charge in [0.05, 0.1) is 5.02 Å². The van der Waals surface area contributed by atoms with Gasteiger partial charge in [-0.1, -0.05) is 23.7 Å².